The number of anilines is 1. The fourth-order valence-corrected chi connectivity index (χ4v) is 6.64. The summed E-state index contributed by atoms with van der Waals surface area (Å²) in [4.78, 5) is 49.3. The van der Waals surface area contributed by atoms with Crippen LogP contribution in [0.3, 0.4) is 0 Å². The van der Waals surface area contributed by atoms with Crippen molar-refractivity contribution in [3.05, 3.63) is 42.1 Å². The number of nitrogens with zero attached hydrogens (tertiary/aromatic N) is 4. The Bertz CT molecular complexity index is 1190. The predicted molar refractivity (Wildman–Crippen MR) is 150 cm³/mol. The average molecular weight is 558 g/mol. The first-order chi connectivity index (χ1) is 18.3. The zero-order valence-corrected chi connectivity index (χ0v) is 23.8. The van der Waals surface area contributed by atoms with Crippen LogP contribution in [0.1, 0.15) is 35.2 Å². The highest BCUT2D eigenvalue weighted by molar-refractivity contribution is 8.01. The van der Waals surface area contributed by atoms with Gasteiger partial charge in [0.15, 0.2) is 5.13 Å². The Balaban J connectivity index is 1.45. The summed E-state index contributed by atoms with van der Waals surface area (Å²) >= 11 is 2.94. The molecule has 2 fully saturated rings. The molecule has 0 atom stereocenters. The molecular formula is C27H35N5O4S2. The molecule has 2 aliphatic rings. The molecule has 9 nitrogen and oxygen atoms in total. The van der Waals surface area contributed by atoms with E-state index in [4.69, 9.17) is 4.74 Å². The Labute approximate surface area is 232 Å². The molecule has 0 saturated carbocycles. The number of aryl methyl sites for hydroxylation is 1. The molecule has 1 aromatic carbocycles. The van der Waals surface area contributed by atoms with Crippen molar-refractivity contribution in [1.82, 2.24) is 19.7 Å². The van der Waals surface area contributed by atoms with Crippen LogP contribution in [0.5, 0.6) is 5.75 Å². The molecule has 4 rings (SSSR count). The van der Waals surface area contributed by atoms with Gasteiger partial charge in [-0.2, -0.15) is 0 Å². The van der Waals surface area contributed by atoms with Gasteiger partial charge in [0.05, 0.1) is 23.1 Å². The van der Waals surface area contributed by atoms with E-state index in [9.17, 15) is 14.4 Å². The van der Waals surface area contributed by atoms with Crippen LogP contribution in [0.15, 0.2) is 40.1 Å². The van der Waals surface area contributed by atoms with Crippen molar-refractivity contribution < 1.29 is 19.1 Å². The first-order valence-electron chi connectivity index (χ1n) is 12.8. The number of amides is 3. The number of benzene rings is 1. The minimum absolute atomic E-state index is 0.0181. The Morgan fingerprint density at radius 2 is 1.84 bits per heavy atom. The Hall–Kier alpha value is -2.89. The summed E-state index contributed by atoms with van der Waals surface area (Å²) in [5.74, 6) is 0.340. The number of likely N-dealkylation sites (tertiary alicyclic amines) is 1. The van der Waals surface area contributed by atoms with Gasteiger partial charge in [-0.1, -0.05) is 29.7 Å². The maximum absolute atomic E-state index is 13.5. The molecule has 204 valence electrons. The van der Waals surface area contributed by atoms with E-state index < -0.39 is 0 Å². The molecule has 1 aromatic heterocycles. The minimum atomic E-state index is -0.119. The van der Waals surface area contributed by atoms with Crippen LogP contribution in [-0.2, 0) is 9.59 Å². The number of ether oxygens (including phenoxy) is 1. The second-order valence-corrected chi connectivity index (χ2v) is 12.0. The summed E-state index contributed by atoms with van der Waals surface area (Å²) in [6.07, 6.45) is 5.49. The van der Waals surface area contributed by atoms with Crippen LogP contribution in [-0.4, -0.2) is 90.8 Å². The molecule has 0 bridgehead atoms. The van der Waals surface area contributed by atoms with E-state index in [1.165, 1.54) is 29.2 Å². The van der Waals surface area contributed by atoms with Crippen LogP contribution >= 0.6 is 23.1 Å². The summed E-state index contributed by atoms with van der Waals surface area (Å²) in [5, 5.41) is 3.57. The number of aromatic nitrogens is 1. The van der Waals surface area contributed by atoms with Crippen LogP contribution < -0.4 is 10.1 Å². The number of hydrogen-bond donors (Lipinski definition) is 1. The fourth-order valence-electron chi connectivity index (χ4n) is 4.70. The van der Waals surface area contributed by atoms with E-state index in [1.54, 1.807) is 23.1 Å². The van der Waals surface area contributed by atoms with Crippen molar-refractivity contribution in [2.75, 3.05) is 58.7 Å². The topological polar surface area (TPSA) is 95.1 Å². The maximum atomic E-state index is 13.5. The summed E-state index contributed by atoms with van der Waals surface area (Å²) in [6, 6.07) is 3.75. The first kappa shape index (κ1) is 28.1. The highest BCUT2D eigenvalue weighted by Crippen LogP contribution is 2.38. The third kappa shape index (κ3) is 6.75. The lowest BCUT2D eigenvalue weighted by atomic mass is 9.96. The van der Waals surface area contributed by atoms with Crippen molar-refractivity contribution in [2.24, 2.45) is 5.92 Å². The Morgan fingerprint density at radius 1 is 1.13 bits per heavy atom. The zero-order chi connectivity index (χ0) is 27.2. The van der Waals surface area contributed by atoms with Crippen molar-refractivity contribution >= 4 is 46.0 Å². The highest BCUT2D eigenvalue weighted by atomic mass is 32.2. The largest absolute Gasteiger partial charge is 0.496 e. The van der Waals surface area contributed by atoms with Crippen LogP contribution in [0.25, 0.3) is 0 Å². The standard InChI is InChI=1S/C27H35N5O4S2/c1-5-23(33)31-9-6-10-32(14-13-31)26(35)20-16-22(18(2)15-21(20)36-4)37-24-17-28-27(38-24)29-25(34)19-7-11-30(3)12-8-19/h5,15-17,19H,1,6-14H2,2-4H3,(H,28,29,34). The van der Waals surface area contributed by atoms with Crippen molar-refractivity contribution in [3.63, 3.8) is 0 Å². The highest BCUT2D eigenvalue weighted by Gasteiger charge is 2.26. The van der Waals surface area contributed by atoms with Gasteiger partial charge in [0.2, 0.25) is 11.8 Å². The maximum Gasteiger partial charge on any atom is 0.257 e. The monoisotopic (exact) mass is 557 g/mol. The normalized spacial score (nSPS) is 17.1. The smallest absolute Gasteiger partial charge is 0.257 e. The lowest BCUT2D eigenvalue weighted by Crippen LogP contribution is -2.36. The molecule has 3 amide bonds. The van der Waals surface area contributed by atoms with E-state index in [0.29, 0.717) is 49.0 Å². The van der Waals surface area contributed by atoms with Crippen molar-refractivity contribution in [3.8, 4) is 5.75 Å². The van der Waals surface area contributed by atoms with Crippen LogP contribution in [0.4, 0.5) is 5.13 Å². The van der Waals surface area contributed by atoms with Gasteiger partial charge < -0.3 is 24.8 Å². The van der Waals surface area contributed by atoms with E-state index in [-0.39, 0.29) is 23.6 Å². The van der Waals surface area contributed by atoms with Gasteiger partial charge in [0, 0.05) is 37.0 Å². The molecule has 3 heterocycles. The van der Waals surface area contributed by atoms with Gasteiger partial charge in [-0.05, 0) is 70.1 Å². The first-order valence-corrected chi connectivity index (χ1v) is 14.4. The summed E-state index contributed by atoms with van der Waals surface area (Å²) in [6.45, 7) is 9.49. The summed E-state index contributed by atoms with van der Waals surface area (Å²) < 4.78 is 6.49. The Kier molecular flexibility index (Phi) is 9.45. The number of methoxy groups -OCH3 is 1. The molecule has 0 spiro atoms. The molecule has 38 heavy (non-hydrogen) atoms. The van der Waals surface area contributed by atoms with Gasteiger partial charge in [-0.25, -0.2) is 4.98 Å². The second-order valence-electron chi connectivity index (χ2n) is 9.65. The Morgan fingerprint density at radius 3 is 2.55 bits per heavy atom. The number of thiazole rings is 1. The molecule has 0 unspecified atom stereocenters. The number of rotatable bonds is 7. The average Bonchev–Trinajstić information content (AvgIpc) is 3.20. The van der Waals surface area contributed by atoms with E-state index in [0.717, 1.165) is 40.6 Å². The van der Waals surface area contributed by atoms with Crippen molar-refractivity contribution in [1.29, 1.82) is 0 Å². The van der Waals surface area contributed by atoms with Gasteiger partial charge >= 0.3 is 0 Å². The number of hydrogen-bond acceptors (Lipinski definition) is 8. The van der Waals surface area contributed by atoms with Crippen LogP contribution in [0.2, 0.25) is 0 Å². The third-order valence-corrected chi connectivity index (χ3v) is 9.19. The molecule has 2 aliphatic heterocycles. The third-order valence-electron chi connectivity index (χ3n) is 7.01. The van der Waals surface area contributed by atoms with E-state index >= 15 is 0 Å². The number of carbonyl (C=O) groups excluding carboxylic acids is 3. The number of nitrogens with one attached hydrogen (secondary N) is 1. The zero-order valence-electron chi connectivity index (χ0n) is 22.2. The van der Waals surface area contributed by atoms with Crippen LogP contribution in [0, 0.1) is 12.8 Å². The molecule has 2 saturated heterocycles. The molecule has 2 aromatic rings. The molecule has 11 heteroatoms. The molecule has 0 aliphatic carbocycles. The van der Waals surface area contributed by atoms with Gasteiger partial charge in [0.1, 0.15) is 5.75 Å². The summed E-state index contributed by atoms with van der Waals surface area (Å²) in [5.41, 5.74) is 1.47. The lowest BCUT2D eigenvalue weighted by Gasteiger charge is -2.27. The summed E-state index contributed by atoms with van der Waals surface area (Å²) in [7, 11) is 3.64. The minimum Gasteiger partial charge on any atom is -0.496 e. The predicted octanol–water partition coefficient (Wildman–Crippen LogP) is 3.75. The van der Waals surface area contributed by atoms with Gasteiger partial charge in [-0.3, -0.25) is 14.4 Å². The fraction of sp³-hybridized carbons (Fsp3) is 0.481. The van der Waals surface area contributed by atoms with Gasteiger partial charge in [0.25, 0.3) is 5.91 Å². The molecule has 0 radical (unpaired) electrons. The number of carbonyl (C=O) groups is 3. The second kappa shape index (κ2) is 12.8. The van der Waals surface area contributed by atoms with E-state index in [1.807, 2.05) is 19.1 Å². The number of piperidine rings is 1. The van der Waals surface area contributed by atoms with Gasteiger partial charge in [-0.15, -0.1) is 0 Å². The van der Waals surface area contributed by atoms with E-state index in [2.05, 4.69) is 28.8 Å². The SMILES string of the molecule is C=CC(=O)N1CCCN(C(=O)c2cc(Sc3cnc(NC(=O)C4CCN(C)CC4)s3)c(C)cc2OC)CC1. The molecule has 1 N–H and O–H groups in total. The quantitative estimate of drug-likeness (QED) is 0.518. The lowest BCUT2D eigenvalue weighted by molar-refractivity contribution is -0.126. The molecular weight excluding hydrogens is 522 g/mol. The van der Waals surface area contributed by atoms with Crippen molar-refractivity contribution in [2.45, 2.75) is 35.3 Å².